The maximum Gasteiger partial charge on any atom is 0.0218 e. The predicted molar refractivity (Wildman–Crippen MR) is 48.7 cm³/mol. The molecule has 0 amide bonds. The normalized spacial score (nSPS) is 34.1. The lowest BCUT2D eigenvalue weighted by molar-refractivity contribution is 0.160. The fourth-order valence-electron chi connectivity index (χ4n) is 1.80. The molecule has 0 bridgehead atoms. The number of piperidine rings is 1. The highest BCUT2D eigenvalue weighted by molar-refractivity contribution is 4.81. The van der Waals surface area contributed by atoms with E-state index in [1.165, 1.54) is 26.1 Å². The Balaban J connectivity index is 2.37. The van der Waals surface area contributed by atoms with Crippen molar-refractivity contribution in [2.24, 2.45) is 5.92 Å². The molecule has 2 heteroatoms. The van der Waals surface area contributed by atoms with E-state index >= 15 is 0 Å². The molecule has 1 rings (SSSR count). The molecule has 1 aliphatic heterocycles. The third-order valence-electron chi connectivity index (χ3n) is 2.86. The first-order valence-electron chi connectivity index (χ1n) is 4.67. The topological polar surface area (TPSA) is 15.3 Å². The zero-order chi connectivity index (χ0) is 8.27. The van der Waals surface area contributed by atoms with E-state index in [1.807, 2.05) is 0 Å². The van der Waals surface area contributed by atoms with Crippen LogP contribution in [0.25, 0.3) is 0 Å². The molecule has 1 unspecified atom stereocenters. The van der Waals surface area contributed by atoms with Gasteiger partial charge in [-0.25, -0.2) is 0 Å². The highest BCUT2D eigenvalue weighted by Crippen LogP contribution is 2.15. The molecule has 2 atom stereocenters. The average Bonchev–Trinajstić information content (AvgIpc) is 2.05. The maximum absolute atomic E-state index is 3.38. The Morgan fingerprint density at radius 3 is 2.82 bits per heavy atom. The lowest BCUT2D eigenvalue weighted by Crippen LogP contribution is -2.48. The Kier molecular flexibility index (Phi) is 3.34. The Hall–Kier alpha value is -0.0800. The van der Waals surface area contributed by atoms with Gasteiger partial charge < -0.3 is 10.2 Å². The second kappa shape index (κ2) is 4.07. The van der Waals surface area contributed by atoms with Crippen molar-refractivity contribution in [2.75, 3.05) is 26.7 Å². The Morgan fingerprint density at radius 2 is 2.27 bits per heavy atom. The third kappa shape index (κ3) is 2.17. The molecule has 1 heterocycles. The van der Waals surface area contributed by atoms with Crippen molar-refractivity contribution in [1.82, 2.24) is 10.2 Å². The second-order valence-corrected chi connectivity index (χ2v) is 3.55. The van der Waals surface area contributed by atoms with Gasteiger partial charge in [-0.2, -0.15) is 0 Å². The van der Waals surface area contributed by atoms with Gasteiger partial charge in [0, 0.05) is 12.6 Å². The molecule has 1 saturated heterocycles. The van der Waals surface area contributed by atoms with Crippen molar-refractivity contribution in [3.63, 3.8) is 0 Å². The van der Waals surface area contributed by atoms with Crippen LogP contribution in [0.2, 0.25) is 0 Å². The van der Waals surface area contributed by atoms with Gasteiger partial charge >= 0.3 is 0 Å². The van der Waals surface area contributed by atoms with Crippen molar-refractivity contribution < 1.29 is 0 Å². The molecule has 0 aliphatic carbocycles. The van der Waals surface area contributed by atoms with E-state index in [9.17, 15) is 0 Å². The van der Waals surface area contributed by atoms with Crippen LogP contribution in [0.5, 0.6) is 0 Å². The quantitative estimate of drug-likeness (QED) is 0.640. The third-order valence-corrected chi connectivity index (χ3v) is 2.86. The number of nitrogens with one attached hydrogen (secondary N) is 1. The van der Waals surface area contributed by atoms with Crippen LogP contribution in [-0.2, 0) is 0 Å². The van der Waals surface area contributed by atoms with Gasteiger partial charge in [-0.1, -0.05) is 13.8 Å². The fraction of sp³-hybridized carbons (Fsp3) is 1.00. The van der Waals surface area contributed by atoms with Gasteiger partial charge in [0.05, 0.1) is 0 Å². The van der Waals surface area contributed by atoms with E-state index in [4.69, 9.17) is 0 Å². The van der Waals surface area contributed by atoms with Crippen molar-refractivity contribution in [1.29, 1.82) is 0 Å². The van der Waals surface area contributed by atoms with Crippen LogP contribution in [0.15, 0.2) is 0 Å². The second-order valence-electron chi connectivity index (χ2n) is 3.55. The number of likely N-dealkylation sites (N-methyl/N-ethyl adjacent to an activating group) is 2. The summed E-state index contributed by atoms with van der Waals surface area (Å²) in [6.07, 6.45) is 1.35. The Labute approximate surface area is 70.0 Å². The van der Waals surface area contributed by atoms with E-state index in [-0.39, 0.29) is 0 Å². The molecule has 0 aromatic rings. The smallest absolute Gasteiger partial charge is 0.0218 e. The average molecular weight is 156 g/mol. The van der Waals surface area contributed by atoms with Crippen molar-refractivity contribution in [3.8, 4) is 0 Å². The maximum atomic E-state index is 3.38. The number of hydrogen-bond acceptors (Lipinski definition) is 2. The van der Waals surface area contributed by atoms with Crippen LogP contribution < -0.4 is 5.32 Å². The molecule has 0 saturated carbocycles. The summed E-state index contributed by atoms with van der Waals surface area (Å²) in [5.74, 6) is 0.850. The zero-order valence-corrected chi connectivity index (χ0v) is 7.93. The van der Waals surface area contributed by atoms with Gasteiger partial charge in [-0.3, -0.25) is 0 Å². The lowest BCUT2D eigenvalue weighted by Gasteiger charge is -2.36. The fourth-order valence-corrected chi connectivity index (χ4v) is 1.80. The van der Waals surface area contributed by atoms with Crippen LogP contribution in [0.3, 0.4) is 0 Å². The van der Waals surface area contributed by atoms with Crippen molar-refractivity contribution in [2.45, 2.75) is 26.3 Å². The van der Waals surface area contributed by atoms with Crippen molar-refractivity contribution in [3.05, 3.63) is 0 Å². The molecule has 66 valence electrons. The molecule has 11 heavy (non-hydrogen) atoms. The van der Waals surface area contributed by atoms with E-state index in [0.717, 1.165) is 5.92 Å². The van der Waals surface area contributed by atoms with E-state index < -0.39 is 0 Å². The summed E-state index contributed by atoms with van der Waals surface area (Å²) in [7, 11) is 2.07. The summed E-state index contributed by atoms with van der Waals surface area (Å²) in [4.78, 5) is 2.52. The van der Waals surface area contributed by atoms with Gasteiger partial charge in [-0.15, -0.1) is 0 Å². The SMILES string of the molecule is CCN1CC[C@@H](C)C(NC)C1. The van der Waals surface area contributed by atoms with Crippen LogP contribution >= 0.6 is 0 Å². The minimum Gasteiger partial charge on any atom is -0.315 e. The van der Waals surface area contributed by atoms with E-state index in [0.29, 0.717) is 6.04 Å². The molecule has 1 aliphatic rings. The molecule has 1 fully saturated rings. The molecule has 1 N–H and O–H groups in total. The zero-order valence-electron chi connectivity index (χ0n) is 7.93. The molecular formula is C9H20N2. The Bertz CT molecular complexity index is 114. The number of likely N-dealkylation sites (tertiary alicyclic amines) is 1. The lowest BCUT2D eigenvalue weighted by atomic mass is 9.94. The Morgan fingerprint density at radius 1 is 1.55 bits per heavy atom. The van der Waals surface area contributed by atoms with Crippen LogP contribution in [0.4, 0.5) is 0 Å². The van der Waals surface area contributed by atoms with Crippen molar-refractivity contribution >= 4 is 0 Å². The van der Waals surface area contributed by atoms with Gasteiger partial charge in [0.25, 0.3) is 0 Å². The minimum absolute atomic E-state index is 0.712. The molecule has 0 aromatic heterocycles. The molecule has 0 aromatic carbocycles. The summed E-state index contributed by atoms with van der Waals surface area (Å²) in [5.41, 5.74) is 0. The van der Waals surface area contributed by atoms with Crippen LogP contribution in [0.1, 0.15) is 20.3 Å². The van der Waals surface area contributed by atoms with Gasteiger partial charge in [-0.05, 0) is 32.5 Å². The first-order chi connectivity index (χ1) is 5.27. The standard InChI is InChI=1S/C9H20N2/c1-4-11-6-5-8(2)9(7-11)10-3/h8-10H,4-7H2,1-3H3/t8-,9?/m1/s1. The minimum atomic E-state index is 0.712. The monoisotopic (exact) mass is 156 g/mol. The number of rotatable bonds is 2. The molecular weight excluding hydrogens is 136 g/mol. The summed E-state index contributed by atoms with van der Waals surface area (Å²) < 4.78 is 0. The molecule has 2 nitrogen and oxygen atoms in total. The summed E-state index contributed by atoms with van der Waals surface area (Å²) >= 11 is 0. The summed E-state index contributed by atoms with van der Waals surface area (Å²) in [6.45, 7) is 8.30. The van der Waals surface area contributed by atoms with E-state index in [2.05, 4.69) is 31.1 Å². The van der Waals surface area contributed by atoms with Gasteiger partial charge in [0.1, 0.15) is 0 Å². The van der Waals surface area contributed by atoms with Gasteiger partial charge in [0.2, 0.25) is 0 Å². The van der Waals surface area contributed by atoms with Crippen LogP contribution in [0, 0.1) is 5.92 Å². The van der Waals surface area contributed by atoms with Crippen LogP contribution in [-0.4, -0.2) is 37.6 Å². The van der Waals surface area contributed by atoms with E-state index in [1.54, 1.807) is 0 Å². The molecule has 0 spiro atoms. The predicted octanol–water partition coefficient (Wildman–Crippen LogP) is 0.936. The number of nitrogens with zero attached hydrogens (tertiary/aromatic N) is 1. The van der Waals surface area contributed by atoms with Gasteiger partial charge in [0.15, 0.2) is 0 Å². The highest BCUT2D eigenvalue weighted by Gasteiger charge is 2.23. The first kappa shape index (κ1) is 9.01. The largest absolute Gasteiger partial charge is 0.315 e. The molecule has 0 radical (unpaired) electrons. The summed E-state index contributed by atoms with van der Waals surface area (Å²) in [5, 5.41) is 3.38. The number of hydrogen-bond donors (Lipinski definition) is 1. The summed E-state index contributed by atoms with van der Waals surface area (Å²) in [6, 6.07) is 0.712. The highest BCUT2D eigenvalue weighted by atomic mass is 15.2. The first-order valence-corrected chi connectivity index (χ1v) is 4.67.